The average Bonchev–Trinajstić information content (AvgIpc) is 2.20. The molecule has 0 aromatic heterocycles. The summed E-state index contributed by atoms with van der Waals surface area (Å²) in [6.07, 6.45) is 2.15. The minimum Gasteiger partial charge on any atom is -0.313 e. The van der Waals surface area contributed by atoms with Gasteiger partial charge < -0.3 is 10.7 Å². The molecule has 0 aliphatic heterocycles. The molecule has 0 spiro atoms. The summed E-state index contributed by atoms with van der Waals surface area (Å²) in [6.45, 7) is 2.79. The van der Waals surface area contributed by atoms with E-state index in [-0.39, 0.29) is 0 Å². The van der Waals surface area contributed by atoms with E-state index in [2.05, 4.69) is 5.32 Å². The Labute approximate surface area is 100 Å². The van der Waals surface area contributed by atoms with Gasteiger partial charge in [-0.2, -0.15) is 0 Å². The van der Waals surface area contributed by atoms with Gasteiger partial charge in [0.2, 0.25) is 0 Å². The first-order valence-corrected chi connectivity index (χ1v) is 5.55. The SMILES string of the molecule is CC(CC=N)NCc1ccc(Cl)c(Cl)c1. The van der Waals surface area contributed by atoms with Crippen molar-refractivity contribution in [3.63, 3.8) is 0 Å². The Kier molecular flexibility index (Phi) is 5.09. The highest BCUT2D eigenvalue weighted by Crippen LogP contribution is 2.22. The lowest BCUT2D eigenvalue weighted by atomic mass is 10.2. The van der Waals surface area contributed by atoms with Crippen molar-refractivity contribution in [1.29, 1.82) is 5.41 Å². The molecule has 1 atom stereocenters. The summed E-state index contributed by atoms with van der Waals surface area (Å²) < 4.78 is 0. The zero-order valence-electron chi connectivity index (χ0n) is 8.56. The third-order valence-corrected chi connectivity index (χ3v) is 2.85. The molecular weight excluding hydrogens is 231 g/mol. The van der Waals surface area contributed by atoms with Gasteiger partial charge in [-0.25, -0.2) is 0 Å². The predicted octanol–water partition coefficient (Wildman–Crippen LogP) is 3.51. The normalized spacial score (nSPS) is 12.5. The van der Waals surface area contributed by atoms with Crippen LogP contribution in [0.4, 0.5) is 0 Å². The largest absolute Gasteiger partial charge is 0.313 e. The van der Waals surface area contributed by atoms with Crippen LogP contribution in [0.5, 0.6) is 0 Å². The molecule has 0 heterocycles. The molecule has 1 aromatic carbocycles. The molecule has 1 rings (SSSR count). The first-order chi connectivity index (χ1) is 7.13. The van der Waals surface area contributed by atoms with Crippen LogP contribution in [0.2, 0.25) is 10.0 Å². The van der Waals surface area contributed by atoms with Gasteiger partial charge in [-0.05, 0) is 37.3 Å². The molecule has 2 nitrogen and oxygen atoms in total. The summed E-state index contributed by atoms with van der Waals surface area (Å²) in [7, 11) is 0. The Morgan fingerprint density at radius 2 is 2.13 bits per heavy atom. The van der Waals surface area contributed by atoms with Crippen molar-refractivity contribution in [3.8, 4) is 0 Å². The first-order valence-electron chi connectivity index (χ1n) is 4.79. The summed E-state index contributed by atoms with van der Waals surface area (Å²) in [5, 5.41) is 11.4. The van der Waals surface area contributed by atoms with Crippen LogP contribution in [0.25, 0.3) is 0 Å². The Bertz CT molecular complexity index is 339. The van der Waals surface area contributed by atoms with Gasteiger partial charge in [-0.3, -0.25) is 0 Å². The maximum absolute atomic E-state index is 6.97. The van der Waals surface area contributed by atoms with Crippen molar-refractivity contribution in [2.45, 2.75) is 25.9 Å². The highest BCUT2D eigenvalue weighted by atomic mass is 35.5. The Hall–Kier alpha value is -0.570. The van der Waals surface area contributed by atoms with E-state index >= 15 is 0 Å². The molecule has 15 heavy (non-hydrogen) atoms. The first kappa shape index (κ1) is 12.5. The van der Waals surface area contributed by atoms with Gasteiger partial charge in [0.25, 0.3) is 0 Å². The maximum atomic E-state index is 6.97. The molecule has 1 unspecified atom stereocenters. The van der Waals surface area contributed by atoms with E-state index in [1.807, 2.05) is 19.1 Å². The van der Waals surface area contributed by atoms with Crippen molar-refractivity contribution in [2.24, 2.45) is 0 Å². The minimum absolute atomic E-state index is 0.303. The fourth-order valence-electron chi connectivity index (χ4n) is 1.20. The molecule has 0 amide bonds. The van der Waals surface area contributed by atoms with E-state index in [4.69, 9.17) is 28.6 Å². The topological polar surface area (TPSA) is 35.9 Å². The maximum Gasteiger partial charge on any atom is 0.0595 e. The van der Waals surface area contributed by atoms with Crippen LogP contribution in [0, 0.1) is 5.41 Å². The van der Waals surface area contributed by atoms with Gasteiger partial charge >= 0.3 is 0 Å². The minimum atomic E-state index is 0.303. The summed E-state index contributed by atoms with van der Waals surface area (Å²) in [6, 6.07) is 5.89. The summed E-state index contributed by atoms with van der Waals surface area (Å²) in [4.78, 5) is 0. The second-order valence-corrected chi connectivity index (χ2v) is 4.28. The van der Waals surface area contributed by atoms with Crippen LogP contribution in [-0.4, -0.2) is 12.3 Å². The fraction of sp³-hybridized carbons (Fsp3) is 0.364. The summed E-state index contributed by atoms with van der Waals surface area (Å²) in [5.74, 6) is 0. The van der Waals surface area contributed by atoms with Crippen LogP contribution in [0.3, 0.4) is 0 Å². The second-order valence-electron chi connectivity index (χ2n) is 3.47. The zero-order valence-corrected chi connectivity index (χ0v) is 10.1. The van der Waals surface area contributed by atoms with Gasteiger partial charge in [-0.15, -0.1) is 0 Å². The molecule has 0 aliphatic carbocycles. The van der Waals surface area contributed by atoms with Crippen molar-refractivity contribution < 1.29 is 0 Å². The van der Waals surface area contributed by atoms with Crippen LogP contribution in [0.15, 0.2) is 18.2 Å². The van der Waals surface area contributed by atoms with Crippen LogP contribution >= 0.6 is 23.2 Å². The van der Waals surface area contributed by atoms with E-state index in [1.54, 1.807) is 6.07 Å². The Morgan fingerprint density at radius 3 is 2.73 bits per heavy atom. The zero-order chi connectivity index (χ0) is 11.3. The molecule has 0 bridgehead atoms. The third-order valence-electron chi connectivity index (χ3n) is 2.11. The number of halogens is 2. The monoisotopic (exact) mass is 244 g/mol. The van der Waals surface area contributed by atoms with Crippen LogP contribution in [-0.2, 0) is 6.54 Å². The molecule has 0 fully saturated rings. The molecule has 0 aliphatic rings. The lowest BCUT2D eigenvalue weighted by Crippen LogP contribution is -2.25. The van der Waals surface area contributed by atoms with Crippen LogP contribution < -0.4 is 5.32 Å². The lowest BCUT2D eigenvalue weighted by Gasteiger charge is -2.11. The summed E-state index contributed by atoms with van der Waals surface area (Å²) in [5.41, 5.74) is 1.10. The van der Waals surface area contributed by atoms with Crippen molar-refractivity contribution in [3.05, 3.63) is 33.8 Å². The van der Waals surface area contributed by atoms with Gasteiger partial charge in [0, 0.05) is 12.6 Å². The molecule has 1 aromatic rings. The van der Waals surface area contributed by atoms with Gasteiger partial charge in [0.15, 0.2) is 0 Å². The smallest absolute Gasteiger partial charge is 0.0595 e. The Morgan fingerprint density at radius 1 is 1.40 bits per heavy atom. The molecular formula is C11H14Cl2N2. The fourth-order valence-corrected chi connectivity index (χ4v) is 1.52. The molecule has 2 N–H and O–H groups in total. The predicted molar refractivity (Wildman–Crippen MR) is 66.2 cm³/mol. The number of nitrogens with one attached hydrogen (secondary N) is 2. The highest BCUT2D eigenvalue weighted by molar-refractivity contribution is 6.42. The second kappa shape index (κ2) is 6.11. The number of rotatable bonds is 5. The summed E-state index contributed by atoms with van der Waals surface area (Å²) >= 11 is 11.7. The number of hydrogen-bond acceptors (Lipinski definition) is 2. The quantitative estimate of drug-likeness (QED) is 0.765. The van der Waals surface area contributed by atoms with E-state index in [9.17, 15) is 0 Å². The van der Waals surface area contributed by atoms with Crippen molar-refractivity contribution in [1.82, 2.24) is 5.32 Å². The van der Waals surface area contributed by atoms with E-state index in [0.29, 0.717) is 16.1 Å². The number of hydrogen-bond donors (Lipinski definition) is 2. The molecule has 0 radical (unpaired) electrons. The van der Waals surface area contributed by atoms with Crippen molar-refractivity contribution >= 4 is 29.4 Å². The molecule has 4 heteroatoms. The average molecular weight is 245 g/mol. The molecule has 82 valence electrons. The molecule has 0 saturated carbocycles. The van der Waals surface area contributed by atoms with E-state index in [0.717, 1.165) is 18.5 Å². The van der Waals surface area contributed by atoms with Gasteiger partial charge in [-0.1, -0.05) is 29.3 Å². The van der Waals surface area contributed by atoms with E-state index in [1.165, 1.54) is 6.21 Å². The third kappa shape index (κ3) is 4.20. The lowest BCUT2D eigenvalue weighted by molar-refractivity contribution is 0.566. The number of benzene rings is 1. The van der Waals surface area contributed by atoms with Crippen molar-refractivity contribution in [2.75, 3.05) is 0 Å². The highest BCUT2D eigenvalue weighted by Gasteiger charge is 2.02. The van der Waals surface area contributed by atoms with Crippen LogP contribution in [0.1, 0.15) is 18.9 Å². The molecule has 0 saturated heterocycles. The van der Waals surface area contributed by atoms with E-state index < -0.39 is 0 Å². The Balaban J connectivity index is 2.50. The van der Waals surface area contributed by atoms with Gasteiger partial charge in [0.1, 0.15) is 0 Å². The standard InChI is InChI=1S/C11H14Cl2N2/c1-8(4-5-14)15-7-9-2-3-10(12)11(13)6-9/h2-3,5-6,8,14-15H,4,7H2,1H3. The van der Waals surface area contributed by atoms with Gasteiger partial charge in [0.05, 0.1) is 10.0 Å².